The fraction of sp³-hybridized carbons (Fsp3) is 0.500. The van der Waals surface area contributed by atoms with Crippen molar-refractivity contribution in [2.75, 3.05) is 28.2 Å². The van der Waals surface area contributed by atoms with E-state index in [1.54, 1.807) is 28.2 Å². The van der Waals surface area contributed by atoms with Gasteiger partial charge in [-0.1, -0.05) is 39.1 Å². The Hall–Kier alpha value is -0.637. The molecule has 2 aromatic heterocycles. The van der Waals surface area contributed by atoms with Crippen LogP contribution in [0.5, 0.6) is 0 Å². The number of hydrogen-bond donors (Lipinski definition) is 0. The maximum absolute atomic E-state index is 4.11. The van der Waals surface area contributed by atoms with E-state index in [0.717, 1.165) is 22.8 Å². The zero-order chi connectivity index (χ0) is 16.0. The number of rotatable bonds is 0. The van der Waals surface area contributed by atoms with Crippen molar-refractivity contribution < 1.29 is 26.2 Å². The molecule has 0 aromatic carbocycles. The SMILES string of the molecule is C[N-]C.C[N-]C.Cc1cc[c-](C)n1.Cc1cc[c-](C)n1.[Zr+4]. The van der Waals surface area contributed by atoms with Crippen LogP contribution in [-0.2, 0) is 26.2 Å². The molecule has 0 spiro atoms. The quantitative estimate of drug-likeness (QED) is 0.659. The Morgan fingerprint density at radius 1 is 0.762 bits per heavy atom. The van der Waals surface area contributed by atoms with Crippen molar-refractivity contribution in [2.24, 2.45) is 0 Å². The summed E-state index contributed by atoms with van der Waals surface area (Å²) in [4.78, 5) is 8.22. The second-order valence-corrected chi connectivity index (χ2v) is 4.35. The molecular weight excluding hydrogens is 339 g/mol. The molecule has 0 aliphatic rings. The molecule has 0 unspecified atom stereocenters. The average molecular weight is 368 g/mol. The Labute approximate surface area is 149 Å². The van der Waals surface area contributed by atoms with Gasteiger partial charge in [0.25, 0.3) is 0 Å². The van der Waals surface area contributed by atoms with Crippen molar-refractivity contribution in [1.82, 2.24) is 9.97 Å². The molecule has 0 bridgehead atoms. The minimum absolute atomic E-state index is 0. The van der Waals surface area contributed by atoms with Crippen LogP contribution in [-0.4, -0.2) is 38.2 Å². The number of hydrogen-bond acceptors (Lipinski definition) is 2. The minimum Gasteiger partial charge on any atom is -0.668 e. The maximum Gasteiger partial charge on any atom is 4.00 e. The number of nitrogens with zero attached hydrogens (tertiary/aromatic N) is 4. The first-order valence-corrected chi connectivity index (χ1v) is 6.50. The van der Waals surface area contributed by atoms with Crippen molar-refractivity contribution >= 4 is 0 Å². The first kappa shape index (κ1) is 25.3. The smallest absolute Gasteiger partial charge is 0.668 e. The molecule has 0 saturated carbocycles. The Morgan fingerprint density at radius 2 is 1.00 bits per heavy atom. The molecule has 0 saturated heterocycles. The van der Waals surface area contributed by atoms with Gasteiger partial charge >= 0.3 is 26.2 Å². The summed E-state index contributed by atoms with van der Waals surface area (Å²) in [6.45, 7) is 7.97. The van der Waals surface area contributed by atoms with Crippen molar-refractivity contribution in [2.45, 2.75) is 27.7 Å². The molecule has 0 aliphatic heterocycles. The Balaban J connectivity index is -0.000000220. The fourth-order valence-corrected chi connectivity index (χ4v) is 1.19. The summed E-state index contributed by atoms with van der Waals surface area (Å²) < 4.78 is 0. The molecule has 116 valence electrons. The van der Waals surface area contributed by atoms with Crippen molar-refractivity contribution in [3.05, 3.63) is 57.7 Å². The molecule has 21 heavy (non-hydrogen) atoms. The first-order valence-electron chi connectivity index (χ1n) is 6.50. The van der Waals surface area contributed by atoms with E-state index in [0.29, 0.717) is 0 Å². The molecule has 0 amide bonds. The summed E-state index contributed by atoms with van der Waals surface area (Å²) in [6.07, 6.45) is 0. The van der Waals surface area contributed by atoms with Gasteiger partial charge in [0, 0.05) is 0 Å². The second-order valence-electron chi connectivity index (χ2n) is 4.35. The van der Waals surface area contributed by atoms with E-state index in [-0.39, 0.29) is 26.2 Å². The predicted molar refractivity (Wildman–Crippen MR) is 89.0 cm³/mol. The van der Waals surface area contributed by atoms with Crippen LogP contribution in [0.3, 0.4) is 0 Å². The summed E-state index contributed by atoms with van der Waals surface area (Å²) in [7, 11) is 7.00. The van der Waals surface area contributed by atoms with Crippen molar-refractivity contribution in [1.29, 1.82) is 0 Å². The molecule has 5 heteroatoms. The van der Waals surface area contributed by atoms with Gasteiger partial charge in [-0.15, -0.1) is 11.4 Å². The minimum atomic E-state index is 0. The van der Waals surface area contributed by atoms with Crippen molar-refractivity contribution in [3.63, 3.8) is 0 Å². The van der Waals surface area contributed by atoms with Gasteiger partial charge in [-0.05, 0) is 0 Å². The van der Waals surface area contributed by atoms with E-state index < -0.39 is 0 Å². The third-order valence-corrected chi connectivity index (χ3v) is 1.84. The third kappa shape index (κ3) is 19.4. The number of aryl methyl sites for hydroxylation is 4. The van der Waals surface area contributed by atoms with Gasteiger partial charge in [0.1, 0.15) is 0 Å². The Kier molecular flexibility index (Phi) is 21.0. The van der Waals surface area contributed by atoms with Crippen LogP contribution in [0.2, 0.25) is 0 Å². The molecule has 4 nitrogen and oxygen atoms in total. The van der Waals surface area contributed by atoms with Crippen LogP contribution < -0.4 is 0 Å². The standard InChI is InChI=1S/2C6H8N.2C2H6N.Zr/c2*1-5-3-4-6(2)7-5;2*1-3-2;/h2*3-4H,1-2H3;2*1-2H3;/q4*-1;+4. The molecule has 0 fully saturated rings. The molecule has 2 aromatic rings. The van der Waals surface area contributed by atoms with Crippen LogP contribution >= 0.6 is 0 Å². The van der Waals surface area contributed by atoms with E-state index in [9.17, 15) is 0 Å². The topological polar surface area (TPSA) is 54.0 Å². The summed E-state index contributed by atoms with van der Waals surface area (Å²) in [5.41, 5.74) is 4.44. The van der Waals surface area contributed by atoms with E-state index in [4.69, 9.17) is 0 Å². The number of aromatic nitrogens is 2. The molecular formula is C16H28N4Zr. The van der Waals surface area contributed by atoms with Crippen LogP contribution in [0.4, 0.5) is 0 Å². The van der Waals surface area contributed by atoms with Crippen LogP contribution in [0.1, 0.15) is 22.8 Å². The summed E-state index contributed by atoms with van der Waals surface area (Å²) >= 11 is 0. The maximum atomic E-state index is 4.11. The van der Waals surface area contributed by atoms with E-state index in [1.807, 2.05) is 52.0 Å². The monoisotopic (exact) mass is 366 g/mol. The van der Waals surface area contributed by atoms with Gasteiger partial charge < -0.3 is 20.6 Å². The molecule has 0 radical (unpaired) electrons. The van der Waals surface area contributed by atoms with Gasteiger partial charge in [0.2, 0.25) is 0 Å². The normalized spacial score (nSPS) is 8.00. The zero-order valence-corrected chi connectivity index (χ0v) is 17.1. The Morgan fingerprint density at radius 3 is 1.05 bits per heavy atom. The zero-order valence-electron chi connectivity index (χ0n) is 14.6. The summed E-state index contributed by atoms with van der Waals surface area (Å²) in [5.74, 6) is 0. The summed E-state index contributed by atoms with van der Waals surface area (Å²) in [6, 6.07) is 8.04. The average Bonchev–Trinajstić information content (AvgIpc) is 2.90. The van der Waals surface area contributed by atoms with Crippen LogP contribution in [0.25, 0.3) is 10.6 Å². The molecule has 0 atom stereocenters. The fourth-order valence-electron chi connectivity index (χ4n) is 1.19. The van der Waals surface area contributed by atoms with Gasteiger partial charge in [-0.2, -0.15) is 52.5 Å². The van der Waals surface area contributed by atoms with Crippen LogP contribution in [0.15, 0.2) is 24.3 Å². The van der Waals surface area contributed by atoms with E-state index >= 15 is 0 Å². The summed E-state index contributed by atoms with van der Waals surface area (Å²) in [5, 5.41) is 7.00. The van der Waals surface area contributed by atoms with Crippen LogP contribution in [0, 0.1) is 27.7 Å². The van der Waals surface area contributed by atoms with E-state index in [2.05, 4.69) is 20.6 Å². The third-order valence-electron chi connectivity index (χ3n) is 1.84. The van der Waals surface area contributed by atoms with Crippen molar-refractivity contribution in [3.8, 4) is 0 Å². The van der Waals surface area contributed by atoms with Gasteiger partial charge in [-0.25, -0.2) is 0 Å². The predicted octanol–water partition coefficient (Wildman–Crippen LogP) is 4.07. The first-order chi connectivity index (χ1) is 9.40. The Bertz CT molecular complexity index is 348. The largest absolute Gasteiger partial charge is 4.00 e. The second kappa shape index (κ2) is 17.4. The van der Waals surface area contributed by atoms with Gasteiger partial charge in [0.05, 0.1) is 0 Å². The molecule has 2 rings (SSSR count). The molecule has 2 heterocycles. The molecule has 0 aliphatic carbocycles. The molecule has 0 N–H and O–H groups in total. The van der Waals surface area contributed by atoms with Gasteiger partial charge in [-0.3, -0.25) is 0 Å². The van der Waals surface area contributed by atoms with E-state index in [1.165, 1.54) is 0 Å². The van der Waals surface area contributed by atoms with Gasteiger partial charge in [0.15, 0.2) is 0 Å².